The van der Waals surface area contributed by atoms with Crippen LogP contribution in [0.15, 0.2) is 77.2 Å². The molecule has 33 heavy (non-hydrogen) atoms. The number of benzene rings is 3. The van der Waals surface area contributed by atoms with Crippen molar-refractivity contribution in [1.82, 2.24) is 5.32 Å². The number of carboxylic acid groups (broad SMARTS) is 1. The molecule has 0 unspecified atom stereocenters. The van der Waals surface area contributed by atoms with Crippen molar-refractivity contribution in [1.29, 1.82) is 0 Å². The molecule has 8 heteroatoms. The van der Waals surface area contributed by atoms with Gasteiger partial charge < -0.3 is 14.8 Å². The molecule has 8 nitrogen and oxygen atoms in total. The Morgan fingerprint density at radius 3 is 2.33 bits per heavy atom. The van der Waals surface area contributed by atoms with Gasteiger partial charge >= 0.3 is 11.9 Å². The molecule has 3 aromatic carbocycles. The third-order valence-electron chi connectivity index (χ3n) is 5.43. The van der Waals surface area contributed by atoms with Gasteiger partial charge in [0.25, 0.3) is 5.91 Å². The highest BCUT2D eigenvalue weighted by molar-refractivity contribution is 6.07. The summed E-state index contributed by atoms with van der Waals surface area (Å²) in [5, 5.41) is 23.8. The van der Waals surface area contributed by atoms with Gasteiger partial charge in [0.05, 0.1) is 5.54 Å². The van der Waals surface area contributed by atoms with E-state index in [4.69, 9.17) is 4.42 Å². The van der Waals surface area contributed by atoms with E-state index >= 15 is 0 Å². The number of amides is 1. The number of carbonyl (C=O) groups excluding carboxylic acids is 1. The molecule has 0 aliphatic carbocycles. The van der Waals surface area contributed by atoms with Gasteiger partial charge in [-0.1, -0.05) is 48.5 Å². The van der Waals surface area contributed by atoms with Gasteiger partial charge in [-0.3, -0.25) is 14.9 Å². The zero-order chi connectivity index (χ0) is 23.8. The van der Waals surface area contributed by atoms with E-state index in [1.54, 1.807) is 30.3 Å². The molecule has 4 rings (SSSR count). The minimum absolute atomic E-state index is 0.0985. The summed E-state index contributed by atoms with van der Waals surface area (Å²) in [6.45, 7) is 3.83. The van der Waals surface area contributed by atoms with Crippen molar-refractivity contribution < 1.29 is 24.0 Å². The van der Waals surface area contributed by atoms with Crippen molar-refractivity contribution in [2.45, 2.75) is 19.4 Å². The van der Waals surface area contributed by atoms with E-state index in [0.717, 1.165) is 5.56 Å². The topological polar surface area (TPSA) is 123 Å². The lowest BCUT2D eigenvalue weighted by atomic mass is 9.93. The highest BCUT2D eigenvalue weighted by Gasteiger charge is 2.29. The number of nitro groups is 1. The Labute approximate surface area is 188 Å². The maximum atomic E-state index is 13.0. The minimum Gasteiger partial charge on any atom is -0.477 e. The summed E-state index contributed by atoms with van der Waals surface area (Å²) in [6, 6.07) is 21.1. The lowest BCUT2D eigenvalue weighted by molar-refractivity contribution is -0.401. The largest absolute Gasteiger partial charge is 0.477 e. The highest BCUT2D eigenvalue weighted by atomic mass is 16.6. The summed E-state index contributed by atoms with van der Waals surface area (Å²) in [5.41, 5.74) is 1.63. The smallest absolute Gasteiger partial charge is 0.448 e. The fourth-order valence-corrected chi connectivity index (χ4v) is 3.72. The summed E-state index contributed by atoms with van der Waals surface area (Å²) < 4.78 is 5.13. The molecule has 0 aliphatic rings. The van der Waals surface area contributed by atoms with Crippen LogP contribution in [0.25, 0.3) is 22.1 Å². The Balaban J connectivity index is 1.69. The third kappa shape index (κ3) is 4.18. The Morgan fingerprint density at radius 2 is 1.67 bits per heavy atom. The lowest BCUT2D eigenvalue weighted by Gasteiger charge is -2.27. The molecule has 0 saturated heterocycles. The molecule has 0 saturated carbocycles. The SMILES string of the molecule is CC(C)(NC(=O)c1cccc(-c2ccc3oc([N+](=O)[O-])c(C(=O)O)c3c2)c1)c1ccccc1. The summed E-state index contributed by atoms with van der Waals surface area (Å²) in [5.74, 6) is -2.53. The number of fused-ring (bicyclic) bond motifs is 1. The van der Waals surface area contributed by atoms with Crippen molar-refractivity contribution in [3.05, 3.63) is 99.6 Å². The summed E-state index contributed by atoms with van der Waals surface area (Å²) in [7, 11) is 0. The molecule has 166 valence electrons. The number of furan rings is 1. The molecule has 0 fully saturated rings. The van der Waals surface area contributed by atoms with Crippen LogP contribution in [0, 0.1) is 10.1 Å². The Hall–Kier alpha value is -4.46. The molecule has 1 amide bonds. The van der Waals surface area contributed by atoms with Gasteiger partial charge in [0, 0.05) is 10.9 Å². The second kappa shape index (κ2) is 8.23. The van der Waals surface area contributed by atoms with E-state index in [9.17, 15) is 24.8 Å². The number of carboxylic acids is 1. The zero-order valence-corrected chi connectivity index (χ0v) is 17.9. The summed E-state index contributed by atoms with van der Waals surface area (Å²) in [4.78, 5) is 34.9. The first-order valence-corrected chi connectivity index (χ1v) is 10.1. The number of nitrogens with one attached hydrogen (secondary N) is 1. The number of hydrogen-bond acceptors (Lipinski definition) is 5. The predicted molar refractivity (Wildman–Crippen MR) is 122 cm³/mol. The van der Waals surface area contributed by atoms with Gasteiger partial charge in [-0.15, -0.1) is 0 Å². The van der Waals surface area contributed by atoms with Crippen LogP contribution in [-0.4, -0.2) is 21.9 Å². The molecule has 4 aromatic rings. The quantitative estimate of drug-likeness (QED) is 0.304. The van der Waals surface area contributed by atoms with Crippen LogP contribution in [0.2, 0.25) is 0 Å². The zero-order valence-electron chi connectivity index (χ0n) is 17.9. The van der Waals surface area contributed by atoms with E-state index in [-0.39, 0.29) is 16.9 Å². The molecule has 0 spiro atoms. The first-order valence-electron chi connectivity index (χ1n) is 10.1. The fourth-order valence-electron chi connectivity index (χ4n) is 3.72. The minimum atomic E-state index is -1.45. The summed E-state index contributed by atoms with van der Waals surface area (Å²) in [6.07, 6.45) is 0. The van der Waals surface area contributed by atoms with Gasteiger partial charge in [-0.25, -0.2) is 4.79 Å². The van der Waals surface area contributed by atoms with Gasteiger partial charge in [0.15, 0.2) is 5.56 Å². The molecular weight excluding hydrogens is 424 g/mol. The van der Waals surface area contributed by atoms with Crippen LogP contribution < -0.4 is 5.32 Å². The van der Waals surface area contributed by atoms with Crippen LogP contribution in [0.1, 0.15) is 40.1 Å². The Bertz CT molecular complexity index is 1390. The van der Waals surface area contributed by atoms with E-state index < -0.39 is 27.9 Å². The molecular formula is C25H20N2O6. The van der Waals surface area contributed by atoms with Gasteiger partial charge in [0.1, 0.15) is 10.5 Å². The summed E-state index contributed by atoms with van der Waals surface area (Å²) >= 11 is 0. The van der Waals surface area contributed by atoms with E-state index in [2.05, 4.69) is 5.32 Å². The van der Waals surface area contributed by atoms with Gasteiger partial charge in [-0.05, 0) is 54.8 Å². The maximum absolute atomic E-state index is 13.0. The lowest BCUT2D eigenvalue weighted by Crippen LogP contribution is -2.40. The second-order valence-corrected chi connectivity index (χ2v) is 8.08. The number of hydrogen-bond donors (Lipinski definition) is 2. The Kier molecular flexibility index (Phi) is 5.43. The molecule has 1 heterocycles. The second-order valence-electron chi connectivity index (χ2n) is 8.08. The number of nitrogens with zero attached hydrogens (tertiary/aromatic N) is 1. The average Bonchev–Trinajstić information content (AvgIpc) is 3.19. The van der Waals surface area contributed by atoms with Crippen LogP contribution in [0.5, 0.6) is 0 Å². The molecule has 0 bridgehead atoms. The number of rotatable bonds is 6. The van der Waals surface area contributed by atoms with E-state index in [1.165, 1.54) is 12.1 Å². The number of aromatic carboxylic acids is 1. The third-order valence-corrected chi connectivity index (χ3v) is 5.43. The van der Waals surface area contributed by atoms with Crippen LogP contribution >= 0.6 is 0 Å². The number of carbonyl (C=O) groups is 2. The first kappa shape index (κ1) is 21.8. The molecule has 0 radical (unpaired) electrons. The predicted octanol–water partition coefficient (Wildman–Crippen LogP) is 5.37. The van der Waals surface area contributed by atoms with Gasteiger partial charge in [0.2, 0.25) is 0 Å². The molecule has 2 N–H and O–H groups in total. The first-order chi connectivity index (χ1) is 15.7. The fraction of sp³-hybridized carbons (Fsp3) is 0.120. The highest BCUT2D eigenvalue weighted by Crippen LogP contribution is 2.34. The standard InChI is InChI=1S/C25H20N2O6/c1-25(2,18-9-4-3-5-10-18)26-22(28)17-8-6-7-15(13-17)16-11-12-20-19(14-16)21(24(29)30)23(33-20)27(31)32/h3-14H,1-2H3,(H,26,28)(H,29,30). The van der Waals surface area contributed by atoms with Crippen molar-refractivity contribution in [3.8, 4) is 11.1 Å². The van der Waals surface area contributed by atoms with Crippen molar-refractivity contribution in [3.63, 3.8) is 0 Å². The Morgan fingerprint density at radius 1 is 0.970 bits per heavy atom. The van der Waals surface area contributed by atoms with E-state index in [1.807, 2.05) is 44.2 Å². The molecule has 0 atom stereocenters. The van der Waals surface area contributed by atoms with Crippen LogP contribution in [0.4, 0.5) is 5.88 Å². The van der Waals surface area contributed by atoms with Crippen LogP contribution in [0.3, 0.4) is 0 Å². The average molecular weight is 444 g/mol. The molecule has 1 aromatic heterocycles. The normalized spacial score (nSPS) is 11.3. The van der Waals surface area contributed by atoms with Crippen LogP contribution in [-0.2, 0) is 5.54 Å². The maximum Gasteiger partial charge on any atom is 0.448 e. The monoisotopic (exact) mass is 444 g/mol. The van der Waals surface area contributed by atoms with Crippen molar-refractivity contribution in [2.75, 3.05) is 0 Å². The molecule has 0 aliphatic heterocycles. The van der Waals surface area contributed by atoms with Crippen molar-refractivity contribution in [2.24, 2.45) is 0 Å². The van der Waals surface area contributed by atoms with Gasteiger partial charge in [-0.2, -0.15) is 0 Å². The van der Waals surface area contributed by atoms with E-state index in [0.29, 0.717) is 16.7 Å². The van der Waals surface area contributed by atoms with Crippen molar-refractivity contribution >= 4 is 28.7 Å².